The van der Waals surface area contributed by atoms with Gasteiger partial charge in [0.15, 0.2) is 11.3 Å². The number of benzene rings is 4. The molecule has 4 aromatic carbocycles. The zero-order valence-electron chi connectivity index (χ0n) is 27.4. The average molecular weight is 637 g/mol. The first-order valence-corrected chi connectivity index (χ1v) is 15.7. The van der Waals surface area contributed by atoms with Gasteiger partial charge in [0, 0.05) is 21.9 Å². The monoisotopic (exact) mass is 636 g/mol. The van der Waals surface area contributed by atoms with Crippen molar-refractivity contribution in [3.8, 4) is 11.1 Å². The van der Waals surface area contributed by atoms with Gasteiger partial charge >= 0.3 is 12.2 Å². The van der Waals surface area contributed by atoms with Crippen molar-refractivity contribution in [2.75, 3.05) is 0 Å². The molecule has 0 spiro atoms. The summed E-state index contributed by atoms with van der Waals surface area (Å²) >= 11 is 0. The first kappa shape index (κ1) is 29.5. The van der Waals surface area contributed by atoms with Gasteiger partial charge in [-0.1, -0.05) is 60.7 Å². The number of carbonyl (C=O) groups is 2. The molecule has 0 amide bonds. The smallest absolute Gasteiger partial charge is 0.420 e. The molecule has 10 heteroatoms. The minimum atomic E-state index is -0.752. The summed E-state index contributed by atoms with van der Waals surface area (Å²) in [5, 5.41) is 1.52. The summed E-state index contributed by atoms with van der Waals surface area (Å²) in [5.74, 6) is 0. The molecule has 0 unspecified atom stereocenters. The Kier molecular flexibility index (Phi) is 6.33. The molecular weight excluding hydrogens is 604 g/mol. The molecule has 0 aliphatic rings. The van der Waals surface area contributed by atoms with Gasteiger partial charge in [0.2, 0.25) is 0 Å². The van der Waals surface area contributed by atoms with Crippen LogP contribution in [0.15, 0.2) is 84.9 Å². The summed E-state index contributed by atoms with van der Waals surface area (Å²) in [6.45, 7) is 11.0. The lowest BCUT2D eigenvalue weighted by Gasteiger charge is -2.20. The van der Waals surface area contributed by atoms with Gasteiger partial charge < -0.3 is 9.47 Å². The van der Waals surface area contributed by atoms with Crippen LogP contribution in [0.25, 0.3) is 77.3 Å². The van der Waals surface area contributed by atoms with Gasteiger partial charge in [0.25, 0.3) is 0 Å². The normalized spacial score (nSPS) is 12.5. The third kappa shape index (κ3) is 4.71. The van der Waals surface area contributed by atoms with E-state index in [9.17, 15) is 9.59 Å². The summed E-state index contributed by atoms with van der Waals surface area (Å²) < 4.78 is 14.7. The van der Waals surface area contributed by atoms with Crippen LogP contribution < -0.4 is 0 Å². The summed E-state index contributed by atoms with van der Waals surface area (Å²) in [4.78, 5) is 47.6. The van der Waals surface area contributed by atoms with Crippen molar-refractivity contribution in [2.24, 2.45) is 0 Å². The van der Waals surface area contributed by atoms with Gasteiger partial charge in [-0.2, -0.15) is 0 Å². The van der Waals surface area contributed by atoms with Gasteiger partial charge in [-0.05, 0) is 65.8 Å². The van der Waals surface area contributed by atoms with Crippen LogP contribution >= 0.6 is 0 Å². The first-order chi connectivity index (χ1) is 22.9. The van der Waals surface area contributed by atoms with Crippen LogP contribution in [0.4, 0.5) is 9.59 Å². The van der Waals surface area contributed by atoms with Crippen molar-refractivity contribution in [2.45, 2.75) is 52.7 Å². The fraction of sp³-hybridized carbons (Fsp3) is 0.211. The minimum absolute atomic E-state index is 0.399. The van der Waals surface area contributed by atoms with E-state index in [1.807, 2.05) is 126 Å². The SMILES string of the molecule is CC(C)(C)OC(=O)n1c2ccccc2c2nc3c(-c4cccc5c6nc7ccccc7nc6n(C(=O)OC(C)(C)C)c45)cccc3nc21. The fourth-order valence-corrected chi connectivity index (χ4v) is 6.21. The molecule has 4 heterocycles. The van der Waals surface area contributed by atoms with Gasteiger partial charge in [-0.15, -0.1) is 0 Å². The van der Waals surface area contributed by atoms with Gasteiger partial charge in [0.1, 0.15) is 22.2 Å². The van der Waals surface area contributed by atoms with Crippen LogP contribution in [-0.4, -0.2) is 52.5 Å². The minimum Gasteiger partial charge on any atom is -0.443 e. The maximum absolute atomic E-state index is 14.0. The molecule has 8 rings (SSSR count). The highest BCUT2D eigenvalue weighted by Gasteiger charge is 2.28. The molecule has 0 bridgehead atoms. The van der Waals surface area contributed by atoms with Crippen LogP contribution in [0, 0.1) is 0 Å². The molecule has 0 saturated heterocycles. The Morgan fingerprint density at radius 1 is 0.521 bits per heavy atom. The molecule has 238 valence electrons. The highest BCUT2D eigenvalue weighted by molar-refractivity contribution is 6.17. The molecule has 0 N–H and O–H groups in total. The highest BCUT2D eigenvalue weighted by Crippen LogP contribution is 2.39. The topological polar surface area (TPSA) is 114 Å². The molecule has 0 aliphatic carbocycles. The van der Waals surface area contributed by atoms with Crippen LogP contribution in [0.3, 0.4) is 0 Å². The maximum atomic E-state index is 14.0. The van der Waals surface area contributed by atoms with Crippen molar-refractivity contribution in [3.05, 3.63) is 84.9 Å². The van der Waals surface area contributed by atoms with Crippen molar-refractivity contribution in [3.63, 3.8) is 0 Å². The number of fused-ring (bicyclic) bond motifs is 8. The van der Waals surface area contributed by atoms with Crippen LogP contribution in [-0.2, 0) is 9.47 Å². The number of nitrogens with zero attached hydrogens (tertiary/aromatic N) is 6. The molecule has 10 nitrogen and oxygen atoms in total. The van der Waals surface area contributed by atoms with E-state index in [-0.39, 0.29) is 0 Å². The molecule has 0 radical (unpaired) electrons. The first-order valence-electron chi connectivity index (χ1n) is 15.7. The van der Waals surface area contributed by atoms with Crippen LogP contribution in [0.5, 0.6) is 0 Å². The molecule has 0 aliphatic heterocycles. The molecule has 4 aromatic heterocycles. The number of hydrogen-bond acceptors (Lipinski definition) is 8. The lowest BCUT2D eigenvalue weighted by Crippen LogP contribution is -2.27. The highest BCUT2D eigenvalue weighted by atomic mass is 16.6. The zero-order chi connectivity index (χ0) is 33.5. The molecule has 48 heavy (non-hydrogen) atoms. The predicted octanol–water partition coefficient (Wildman–Crippen LogP) is 9.02. The largest absolute Gasteiger partial charge is 0.443 e. The van der Waals surface area contributed by atoms with Gasteiger partial charge in [0.05, 0.1) is 33.1 Å². The van der Waals surface area contributed by atoms with E-state index in [2.05, 4.69) is 0 Å². The van der Waals surface area contributed by atoms with E-state index < -0.39 is 23.4 Å². The van der Waals surface area contributed by atoms with Crippen LogP contribution in [0.1, 0.15) is 41.5 Å². The van der Waals surface area contributed by atoms with E-state index in [1.54, 1.807) is 0 Å². The van der Waals surface area contributed by atoms with E-state index in [4.69, 9.17) is 29.4 Å². The molecule has 0 saturated carbocycles. The van der Waals surface area contributed by atoms with E-state index in [1.165, 1.54) is 9.13 Å². The van der Waals surface area contributed by atoms with E-state index in [0.29, 0.717) is 49.9 Å². The van der Waals surface area contributed by atoms with Crippen molar-refractivity contribution in [1.29, 1.82) is 0 Å². The predicted molar refractivity (Wildman–Crippen MR) is 187 cm³/mol. The van der Waals surface area contributed by atoms with E-state index in [0.717, 1.165) is 27.4 Å². The number of rotatable bonds is 1. The average Bonchev–Trinajstić information content (AvgIpc) is 3.53. The number of para-hydroxylation sites is 5. The lowest BCUT2D eigenvalue weighted by atomic mass is 10.0. The number of ether oxygens (including phenoxy) is 2. The Balaban J connectivity index is 1.45. The number of aromatic nitrogens is 6. The quantitative estimate of drug-likeness (QED) is 0.175. The second-order valence-electron chi connectivity index (χ2n) is 13.8. The lowest BCUT2D eigenvalue weighted by molar-refractivity contribution is 0.0539. The standard InChI is InChI=1S/C38H32N6O4/c1-37(2,3)47-35(45)43-28-20-10-7-13-23(28)30-33(43)41-27-19-12-14-21(29(27)42-30)22-15-11-16-24-31-34(40-26-18-9-8-17-25(26)39-31)44(32(22)24)36(46)48-38(4,5)6/h7-20H,1-6H3. The molecule has 0 fully saturated rings. The van der Waals surface area contributed by atoms with Gasteiger partial charge in [-0.25, -0.2) is 38.7 Å². The Morgan fingerprint density at radius 2 is 1.04 bits per heavy atom. The molecule has 8 aromatic rings. The number of carbonyl (C=O) groups excluding carboxylic acids is 2. The maximum Gasteiger partial charge on any atom is 0.420 e. The summed E-state index contributed by atoms with van der Waals surface area (Å²) in [6.07, 6.45) is -1.09. The number of hydrogen-bond donors (Lipinski definition) is 0. The van der Waals surface area contributed by atoms with Crippen molar-refractivity contribution in [1.82, 2.24) is 29.1 Å². The van der Waals surface area contributed by atoms with Crippen molar-refractivity contribution < 1.29 is 19.1 Å². The Labute approximate surface area is 274 Å². The molecule has 0 atom stereocenters. The third-order valence-electron chi connectivity index (χ3n) is 8.01. The summed E-state index contributed by atoms with van der Waals surface area (Å²) in [7, 11) is 0. The Morgan fingerprint density at radius 3 is 1.77 bits per heavy atom. The van der Waals surface area contributed by atoms with Crippen LogP contribution in [0.2, 0.25) is 0 Å². The molecular formula is C38H32N6O4. The summed E-state index contributed by atoms with van der Waals surface area (Å²) in [5.41, 5.74) is 5.80. The summed E-state index contributed by atoms with van der Waals surface area (Å²) in [6, 6.07) is 26.7. The van der Waals surface area contributed by atoms with Gasteiger partial charge in [-0.3, -0.25) is 0 Å². The third-order valence-corrected chi connectivity index (χ3v) is 8.01. The van der Waals surface area contributed by atoms with E-state index >= 15 is 0 Å². The second kappa shape index (κ2) is 10.3. The zero-order valence-corrected chi connectivity index (χ0v) is 27.4. The fourth-order valence-electron chi connectivity index (χ4n) is 6.21. The van der Waals surface area contributed by atoms with Crippen molar-refractivity contribution >= 4 is 78.4 Å². The Bertz CT molecular complexity index is 2640. The second-order valence-corrected chi connectivity index (χ2v) is 13.8. The Hall–Kier alpha value is -5.90.